The second-order valence-electron chi connectivity index (χ2n) is 7.88. The van der Waals surface area contributed by atoms with E-state index in [-0.39, 0.29) is 5.91 Å². The highest BCUT2D eigenvalue weighted by molar-refractivity contribution is 5.92. The van der Waals surface area contributed by atoms with E-state index in [1.54, 1.807) is 26.5 Å². The number of rotatable bonds is 6. The van der Waals surface area contributed by atoms with Gasteiger partial charge in [0.2, 0.25) is 5.91 Å². The number of methoxy groups -OCH3 is 2. The van der Waals surface area contributed by atoms with E-state index in [0.717, 1.165) is 41.5 Å². The van der Waals surface area contributed by atoms with Gasteiger partial charge in [-0.05, 0) is 49.8 Å². The molecule has 1 fully saturated rings. The molecule has 1 saturated heterocycles. The summed E-state index contributed by atoms with van der Waals surface area (Å²) in [6.45, 7) is 6.90. The Labute approximate surface area is 194 Å². The predicted octanol–water partition coefficient (Wildman–Crippen LogP) is 3.26. The van der Waals surface area contributed by atoms with E-state index in [1.165, 1.54) is 0 Å². The standard InChI is InChI=1S/C25H29N5O3/c1-18-25(19(2)30(27-18)23-7-5-6-12-26-23)29-15-13-28(14-16-29)24(31)11-9-20-8-10-21(32-3)22(17-20)33-4/h5-12,17H,13-16H2,1-4H3/b11-9+. The summed E-state index contributed by atoms with van der Waals surface area (Å²) in [5.74, 6) is 2.10. The number of carbonyl (C=O) groups is 1. The SMILES string of the molecule is COc1ccc(/C=C/C(=O)N2CCN(c3c(C)nn(-c4ccccn4)c3C)CC2)cc1OC. The molecule has 0 spiro atoms. The van der Waals surface area contributed by atoms with Crippen LogP contribution in [0, 0.1) is 13.8 Å². The number of piperazine rings is 1. The number of nitrogens with zero attached hydrogens (tertiary/aromatic N) is 5. The molecule has 4 rings (SSSR count). The van der Waals surface area contributed by atoms with Crippen LogP contribution in [0.15, 0.2) is 48.7 Å². The molecule has 2 aromatic heterocycles. The first-order valence-electron chi connectivity index (χ1n) is 10.9. The molecule has 172 valence electrons. The molecule has 0 N–H and O–H groups in total. The summed E-state index contributed by atoms with van der Waals surface area (Å²) >= 11 is 0. The van der Waals surface area contributed by atoms with Crippen LogP contribution in [0.1, 0.15) is 17.0 Å². The van der Waals surface area contributed by atoms with Gasteiger partial charge in [-0.3, -0.25) is 4.79 Å². The molecule has 0 saturated carbocycles. The van der Waals surface area contributed by atoms with E-state index in [2.05, 4.69) is 16.8 Å². The Bertz CT molecular complexity index is 1150. The van der Waals surface area contributed by atoms with Gasteiger partial charge in [0.1, 0.15) is 0 Å². The molecule has 1 aromatic carbocycles. The van der Waals surface area contributed by atoms with Gasteiger partial charge in [0.05, 0.1) is 31.3 Å². The quantitative estimate of drug-likeness (QED) is 0.540. The summed E-state index contributed by atoms with van der Waals surface area (Å²) in [5, 5.41) is 4.70. The molecular weight excluding hydrogens is 418 g/mol. The maximum atomic E-state index is 12.8. The van der Waals surface area contributed by atoms with E-state index in [9.17, 15) is 4.79 Å². The molecule has 0 radical (unpaired) electrons. The number of anilines is 1. The first-order valence-corrected chi connectivity index (χ1v) is 10.9. The predicted molar refractivity (Wildman–Crippen MR) is 128 cm³/mol. The van der Waals surface area contributed by atoms with Crippen LogP contribution in [0.25, 0.3) is 11.9 Å². The molecule has 0 atom stereocenters. The van der Waals surface area contributed by atoms with Gasteiger partial charge in [-0.1, -0.05) is 12.1 Å². The molecule has 1 amide bonds. The number of hydrogen-bond donors (Lipinski definition) is 0. The first kappa shape index (κ1) is 22.4. The monoisotopic (exact) mass is 447 g/mol. The number of ether oxygens (including phenoxy) is 2. The van der Waals surface area contributed by atoms with Crippen LogP contribution in [0.3, 0.4) is 0 Å². The number of carbonyl (C=O) groups excluding carboxylic acids is 1. The van der Waals surface area contributed by atoms with Gasteiger partial charge in [0, 0.05) is 38.5 Å². The third-order valence-corrected chi connectivity index (χ3v) is 5.85. The van der Waals surface area contributed by atoms with Crippen LogP contribution >= 0.6 is 0 Å². The van der Waals surface area contributed by atoms with Crippen molar-refractivity contribution in [2.24, 2.45) is 0 Å². The van der Waals surface area contributed by atoms with Crippen molar-refractivity contribution >= 4 is 17.7 Å². The van der Waals surface area contributed by atoms with Crippen molar-refractivity contribution in [1.29, 1.82) is 0 Å². The van der Waals surface area contributed by atoms with E-state index in [4.69, 9.17) is 14.6 Å². The number of pyridine rings is 1. The lowest BCUT2D eigenvalue weighted by molar-refractivity contribution is -0.126. The van der Waals surface area contributed by atoms with Crippen LogP contribution in [0.2, 0.25) is 0 Å². The number of aryl methyl sites for hydroxylation is 1. The highest BCUT2D eigenvalue weighted by Gasteiger charge is 2.25. The van der Waals surface area contributed by atoms with Crippen LogP contribution in [0.4, 0.5) is 5.69 Å². The van der Waals surface area contributed by atoms with E-state index in [1.807, 2.05) is 59.0 Å². The zero-order valence-electron chi connectivity index (χ0n) is 19.5. The Hall–Kier alpha value is -3.81. The normalized spacial score (nSPS) is 14.1. The topological polar surface area (TPSA) is 72.7 Å². The van der Waals surface area contributed by atoms with Crippen molar-refractivity contribution < 1.29 is 14.3 Å². The maximum absolute atomic E-state index is 12.8. The largest absolute Gasteiger partial charge is 0.493 e. The maximum Gasteiger partial charge on any atom is 0.246 e. The Morgan fingerprint density at radius 3 is 2.42 bits per heavy atom. The van der Waals surface area contributed by atoms with Gasteiger partial charge >= 0.3 is 0 Å². The summed E-state index contributed by atoms with van der Waals surface area (Å²) in [5.41, 5.74) is 4.02. The molecule has 1 aliphatic rings. The van der Waals surface area contributed by atoms with Crippen molar-refractivity contribution in [1.82, 2.24) is 19.7 Å². The molecule has 3 aromatic rings. The fourth-order valence-electron chi connectivity index (χ4n) is 4.17. The molecule has 8 heteroatoms. The minimum atomic E-state index is 0.00191. The van der Waals surface area contributed by atoms with Crippen molar-refractivity contribution in [3.05, 3.63) is 65.6 Å². The molecule has 0 aliphatic carbocycles. The summed E-state index contributed by atoms with van der Waals surface area (Å²) in [6, 6.07) is 11.4. The van der Waals surface area contributed by atoms with Crippen molar-refractivity contribution in [3.63, 3.8) is 0 Å². The lowest BCUT2D eigenvalue weighted by atomic mass is 10.1. The Kier molecular flexibility index (Phi) is 6.63. The Balaban J connectivity index is 1.41. The van der Waals surface area contributed by atoms with Crippen molar-refractivity contribution in [2.75, 3.05) is 45.3 Å². The molecule has 0 unspecified atom stereocenters. The molecule has 0 bridgehead atoms. The van der Waals surface area contributed by atoms with Crippen LogP contribution in [-0.2, 0) is 4.79 Å². The average molecular weight is 448 g/mol. The number of hydrogen-bond acceptors (Lipinski definition) is 6. The van der Waals surface area contributed by atoms with Crippen LogP contribution < -0.4 is 14.4 Å². The molecule has 1 aliphatic heterocycles. The Morgan fingerprint density at radius 1 is 1.00 bits per heavy atom. The lowest BCUT2D eigenvalue weighted by Crippen LogP contribution is -2.48. The minimum absolute atomic E-state index is 0.00191. The second kappa shape index (κ2) is 9.77. The van der Waals surface area contributed by atoms with Gasteiger partial charge in [0.25, 0.3) is 0 Å². The molecule has 8 nitrogen and oxygen atoms in total. The highest BCUT2D eigenvalue weighted by Crippen LogP contribution is 2.29. The second-order valence-corrected chi connectivity index (χ2v) is 7.88. The highest BCUT2D eigenvalue weighted by atomic mass is 16.5. The molecule has 3 heterocycles. The molecule has 33 heavy (non-hydrogen) atoms. The fraction of sp³-hybridized carbons (Fsp3) is 0.320. The average Bonchev–Trinajstić information content (AvgIpc) is 3.16. The summed E-state index contributed by atoms with van der Waals surface area (Å²) in [6.07, 6.45) is 5.19. The van der Waals surface area contributed by atoms with Gasteiger partial charge in [-0.2, -0.15) is 5.10 Å². The summed E-state index contributed by atoms with van der Waals surface area (Å²) in [7, 11) is 3.20. The summed E-state index contributed by atoms with van der Waals surface area (Å²) < 4.78 is 12.5. The van der Waals surface area contributed by atoms with Crippen molar-refractivity contribution in [3.8, 4) is 17.3 Å². The zero-order chi connectivity index (χ0) is 23.4. The van der Waals surface area contributed by atoms with Gasteiger partial charge in [-0.15, -0.1) is 0 Å². The number of aromatic nitrogens is 3. The Morgan fingerprint density at radius 2 is 1.76 bits per heavy atom. The van der Waals surface area contributed by atoms with Crippen molar-refractivity contribution in [2.45, 2.75) is 13.8 Å². The summed E-state index contributed by atoms with van der Waals surface area (Å²) in [4.78, 5) is 21.4. The number of amides is 1. The van der Waals surface area contributed by atoms with Gasteiger partial charge < -0.3 is 19.3 Å². The van der Waals surface area contributed by atoms with E-state index in [0.29, 0.717) is 24.6 Å². The third kappa shape index (κ3) is 4.69. The molecular formula is C25H29N5O3. The van der Waals surface area contributed by atoms with Gasteiger partial charge in [0.15, 0.2) is 17.3 Å². The van der Waals surface area contributed by atoms with Crippen LogP contribution in [0.5, 0.6) is 11.5 Å². The van der Waals surface area contributed by atoms with Crippen LogP contribution in [-0.4, -0.2) is 66.0 Å². The third-order valence-electron chi connectivity index (χ3n) is 5.85. The van der Waals surface area contributed by atoms with E-state index >= 15 is 0 Å². The van der Waals surface area contributed by atoms with Gasteiger partial charge in [-0.25, -0.2) is 9.67 Å². The zero-order valence-corrected chi connectivity index (χ0v) is 19.5. The first-order chi connectivity index (χ1) is 16.0. The number of benzene rings is 1. The lowest BCUT2D eigenvalue weighted by Gasteiger charge is -2.35. The minimum Gasteiger partial charge on any atom is -0.493 e. The smallest absolute Gasteiger partial charge is 0.246 e. The van der Waals surface area contributed by atoms with E-state index < -0.39 is 0 Å². The fourth-order valence-corrected chi connectivity index (χ4v) is 4.17.